The molecule has 0 spiro atoms. The summed E-state index contributed by atoms with van der Waals surface area (Å²) in [5, 5.41) is 3.20. The molecule has 176 valence electrons. The van der Waals surface area contributed by atoms with E-state index in [-0.39, 0.29) is 28.8 Å². The molecular weight excluding hydrogens is 423 g/mol. The summed E-state index contributed by atoms with van der Waals surface area (Å²) in [6, 6.07) is 0.363. The molecule has 9 heteroatoms. The highest BCUT2D eigenvalue weighted by Gasteiger charge is 2.23. The molecule has 1 unspecified atom stereocenters. The highest BCUT2D eigenvalue weighted by atomic mass is 19.1. The first-order chi connectivity index (χ1) is 16.0. The lowest BCUT2D eigenvalue weighted by Gasteiger charge is -2.37. The van der Waals surface area contributed by atoms with Crippen molar-refractivity contribution in [2.24, 2.45) is 5.73 Å². The Hall–Kier alpha value is -3.04. The van der Waals surface area contributed by atoms with Crippen LogP contribution >= 0.6 is 0 Å². The van der Waals surface area contributed by atoms with Gasteiger partial charge in [-0.15, -0.1) is 0 Å². The van der Waals surface area contributed by atoms with Gasteiger partial charge in [0.25, 0.3) is 0 Å². The molecule has 3 aliphatic rings. The number of aromatic nitrogens is 2. The Bertz CT molecular complexity index is 1020. The van der Waals surface area contributed by atoms with Crippen LogP contribution in [0.15, 0.2) is 47.3 Å². The van der Waals surface area contributed by atoms with Gasteiger partial charge in [0.2, 0.25) is 5.88 Å². The molecular formula is C24H31FN6O2. The molecule has 1 aliphatic heterocycles. The maximum absolute atomic E-state index is 14.4. The van der Waals surface area contributed by atoms with Crippen molar-refractivity contribution in [2.75, 3.05) is 38.5 Å². The van der Waals surface area contributed by atoms with Crippen molar-refractivity contribution >= 4 is 12.1 Å². The summed E-state index contributed by atoms with van der Waals surface area (Å²) in [5.41, 5.74) is 7.27. The van der Waals surface area contributed by atoms with E-state index in [2.05, 4.69) is 44.3 Å². The van der Waals surface area contributed by atoms with E-state index in [0.29, 0.717) is 37.3 Å². The molecule has 0 bridgehead atoms. The fraction of sp³-hybridized carbons (Fsp3) is 0.458. The summed E-state index contributed by atoms with van der Waals surface area (Å²) in [6.07, 6.45) is 10.9. The normalized spacial score (nSPS) is 22.1. The van der Waals surface area contributed by atoms with Crippen LogP contribution < -0.4 is 15.8 Å². The van der Waals surface area contributed by atoms with Crippen LogP contribution in [0.1, 0.15) is 42.4 Å². The summed E-state index contributed by atoms with van der Waals surface area (Å²) in [6.45, 7) is 6.12. The van der Waals surface area contributed by atoms with Crippen molar-refractivity contribution in [2.45, 2.75) is 38.6 Å². The molecule has 1 aromatic rings. The topological polar surface area (TPSA) is 96.6 Å². The van der Waals surface area contributed by atoms with Crippen LogP contribution in [0.3, 0.4) is 0 Å². The van der Waals surface area contributed by atoms with Gasteiger partial charge in [-0.1, -0.05) is 25.2 Å². The average molecular weight is 455 g/mol. The number of carbonyl (C=O) groups excluding carboxylic acids is 1. The number of hydrogen-bond acceptors (Lipinski definition) is 8. The average Bonchev–Trinajstić information content (AvgIpc) is 2.83. The van der Waals surface area contributed by atoms with Gasteiger partial charge in [-0.2, -0.15) is 4.98 Å². The molecule has 3 N–H and O–H groups in total. The number of likely N-dealkylation sites (N-methyl/N-ethyl adjacent to an activating group) is 1. The van der Waals surface area contributed by atoms with E-state index >= 15 is 0 Å². The predicted octanol–water partition coefficient (Wildman–Crippen LogP) is 2.92. The molecule has 2 heterocycles. The molecule has 4 rings (SSSR count). The summed E-state index contributed by atoms with van der Waals surface area (Å²) in [7, 11) is 2.15. The summed E-state index contributed by atoms with van der Waals surface area (Å²) < 4.78 is 20.2. The van der Waals surface area contributed by atoms with E-state index in [1.807, 2.05) is 13.0 Å². The minimum absolute atomic E-state index is 0.0671. The second-order valence-electron chi connectivity index (χ2n) is 8.50. The SMILES string of the molecule is CCc1nc(C=O)c(NC2=CCC(N3CCN(C)CC3)C=C2)nc1OC1=C(F)C(N)=CCC1. The van der Waals surface area contributed by atoms with Gasteiger partial charge in [-0.25, -0.2) is 9.37 Å². The lowest BCUT2D eigenvalue weighted by atomic mass is 10.0. The van der Waals surface area contributed by atoms with Crippen molar-refractivity contribution in [1.29, 1.82) is 0 Å². The zero-order valence-corrected chi connectivity index (χ0v) is 19.2. The number of aryl methyl sites for hydroxylation is 1. The minimum atomic E-state index is -0.577. The quantitative estimate of drug-likeness (QED) is 0.607. The lowest BCUT2D eigenvalue weighted by molar-refractivity contribution is 0.111. The third-order valence-electron chi connectivity index (χ3n) is 6.21. The number of nitrogens with two attached hydrogens (primary N) is 1. The number of carbonyl (C=O) groups is 1. The molecule has 8 nitrogen and oxygen atoms in total. The highest BCUT2D eigenvalue weighted by molar-refractivity contribution is 5.80. The first kappa shape index (κ1) is 23.1. The molecule has 0 amide bonds. The number of aldehydes is 1. The van der Waals surface area contributed by atoms with Crippen molar-refractivity contribution in [3.8, 4) is 5.88 Å². The number of rotatable bonds is 7. The number of nitrogens with zero attached hydrogens (tertiary/aromatic N) is 4. The Morgan fingerprint density at radius 3 is 2.73 bits per heavy atom. The van der Waals surface area contributed by atoms with Gasteiger partial charge >= 0.3 is 0 Å². The predicted molar refractivity (Wildman–Crippen MR) is 125 cm³/mol. The van der Waals surface area contributed by atoms with E-state index in [1.54, 1.807) is 6.08 Å². The van der Waals surface area contributed by atoms with Crippen LogP contribution in [-0.4, -0.2) is 65.3 Å². The number of halogens is 1. The monoisotopic (exact) mass is 454 g/mol. The highest BCUT2D eigenvalue weighted by Crippen LogP contribution is 2.29. The molecule has 1 fully saturated rings. The Balaban J connectivity index is 1.51. The fourth-order valence-corrected chi connectivity index (χ4v) is 4.15. The smallest absolute Gasteiger partial charge is 0.242 e. The van der Waals surface area contributed by atoms with Crippen LogP contribution in [0.4, 0.5) is 10.2 Å². The molecule has 1 aromatic heterocycles. The standard InChI is InChI=1S/C24H31FN6O2/c1-3-19-24(33-21-6-4-5-18(26)22(21)25)29-23(20(15-32)28-19)27-16-7-9-17(10-8-16)31-13-11-30(2)12-14-31/h5,7-9,15,17H,3-4,6,10-14,26H2,1-2H3,(H,27,29). The zero-order chi connectivity index (χ0) is 23.4. The fourth-order valence-electron chi connectivity index (χ4n) is 4.15. The molecule has 33 heavy (non-hydrogen) atoms. The van der Waals surface area contributed by atoms with Gasteiger partial charge in [0.15, 0.2) is 17.9 Å². The second-order valence-corrected chi connectivity index (χ2v) is 8.50. The van der Waals surface area contributed by atoms with Crippen molar-refractivity contribution < 1.29 is 13.9 Å². The van der Waals surface area contributed by atoms with Crippen LogP contribution in [0.25, 0.3) is 0 Å². The maximum Gasteiger partial charge on any atom is 0.242 e. The van der Waals surface area contributed by atoms with Gasteiger partial charge in [0.05, 0.1) is 5.70 Å². The first-order valence-electron chi connectivity index (χ1n) is 11.4. The van der Waals surface area contributed by atoms with Gasteiger partial charge in [-0.05, 0) is 32.4 Å². The largest absolute Gasteiger partial charge is 0.439 e. The van der Waals surface area contributed by atoms with Crippen LogP contribution in [-0.2, 0) is 6.42 Å². The number of hydrogen-bond donors (Lipinski definition) is 2. The van der Waals surface area contributed by atoms with Crippen LogP contribution in [0, 0.1) is 0 Å². The number of ether oxygens (including phenoxy) is 1. The molecule has 1 saturated heterocycles. The van der Waals surface area contributed by atoms with E-state index in [9.17, 15) is 9.18 Å². The van der Waals surface area contributed by atoms with Gasteiger partial charge < -0.3 is 20.7 Å². The van der Waals surface area contributed by atoms with E-state index in [0.717, 1.165) is 38.3 Å². The summed E-state index contributed by atoms with van der Waals surface area (Å²) in [5.74, 6) is 0.0233. The van der Waals surface area contributed by atoms with Crippen molar-refractivity contribution in [1.82, 2.24) is 19.8 Å². The molecule has 0 radical (unpaired) electrons. The van der Waals surface area contributed by atoms with E-state index in [1.165, 1.54) is 0 Å². The van der Waals surface area contributed by atoms with Crippen LogP contribution in [0.5, 0.6) is 5.88 Å². The number of nitrogens with one attached hydrogen (secondary N) is 1. The number of piperazine rings is 1. The second kappa shape index (κ2) is 10.3. The van der Waals surface area contributed by atoms with Crippen molar-refractivity contribution in [3.63, 3.8) is 0 Å². The molecule has 2 aliphatic carbocycles. The summed E-state index contributed by atoms with van der Waals surface area (Å²) >= 11 is 0. The summed E-state index contributed by atoms with van der Waals surface area (Å²) in [4.78, 5) is 25.4. The minimum Gasteiger partial charge on any atom is -0.439 e. The Kier molecular flexibility index (Phi) is 7.20. The van der Waals surface area contributed by atoms with Gasteiger partial charge in [-0.3, -0.25) is 9.69 Å². The van der Waals surface area contributed by atoms with Gasteiger partial charge in [0, 0.05) is 44.3 Å². The molecule has 0 aromatic carbocycles. The van der Waals surface area contributed by atoms with Crippen molar-refractivity contribution in [3.05, 3.63) is 58.7 Å². The first-order valence-corrected chi connectivity index (χ1v) is 11.4. The Morgan fingerprint density at radius 1 is 1.27 bits per heavy atom. The Morgan fingerprint density at radius 2 is 2.06 bits per heavy atom. The zero-order valence-electron chi connectivity index (χ0n) is 19.2. The third-order valence-corrected chi connectivity index (χ3v) is 6.21. The van der Waals surface area contributed by atoms with E-state index in [4.69, 9.17) is 10.5 Å². The Labute approximate surface area is 193 Å². The molecule has 0 saturated carbocycles. The third kappa shape index (κ3) is 5.31. The maximum atomic E-state index is 14.4. The molecule has 1 atom stereocenters. The van der Waals surface area contributed by atoms with Crippen LogP contribution in [0.2, 0.25) is 0 Å². The van der Waals surface area contributed by atoms with Gasteiger partial charge in [0.1, 0.15) is 17.1 Å². The number of allylic oxidation sites excluding steroid dienone is 4. The number of anilines is 1. The lowest BCUT2D eigenvalue weighted by Crippen LogP contribution is -2.48. The van der Waals surface area contributed by atoms with E-state index < -0.39 is 5.83 Å².